The van der Waals surface area contributed by atoms with Crippen LogP contribution in [0.3, 0.4) is 0 Å². The molecule has 0 amide bonds. The predicted octanol–water partition coefficient (Wildman–Crippen LogP) is 1.45. The molecule has 0 saturated carbocycles. The lowest BCUT2D eigenvalue weighted by atomic mass is 10.2. The molecule has 0 aliphatic carbocycles. The van der Waals surface area contributed by atoms with Crippen LogP contribution < -0.4 is 5.56 Å². The van der Waals surface area contributed by atoms with E-state index < -0.39 is 11.5 Å². The maximum atomic E-state index is 12.0. The number of ether oxygens (including phenoxy) is 1. The van der Waals surface area contributed by atoms with E-state index >= 15 is 0 Å². The maximum absolute atomic E-state index is 12.0. The third kappa shape index (κ3) is 2.67. The van der Waals surface area contributed by atoms with Gasteiger partial charge in [0.15, 0.2) is 5.56 Å². The van der Waals surface area contributed by atoms with Crippen LogP contribution in [0.25, 0.3) is 0 Å². The molecule has 0 bridgehead atoms. The third-order valence-electron chi connectivity index (χ3n) is 2.41. The van der Waals surface area contributed by atoms with Crippen molar-refractivity contribution < 1.29 is 14.6 Å². The summed E-state index contributed by atoms with van der Waals surface area (Å²) in [4.78, 5) is 23.6. The van der Waals surface area contributed by atoms with E-state index in [2.05, 4.69) is 0 Å². The van der Waals surface area contributed by atoms with Gasteiger partial charge in [0, 0.05) is 18.3 Å². The highest BCUT2D eigenvalue weighted by molar-refractivity contribution is 5.91. The Hall–Kier alpha value is -1.78. The molecule has 94 valence electrons. The second kappa shape index (κ2) is 5.52. The fourth-order valence-corrected chi connectivity index (χ4v) is 1.65. The van der Waals surface area contributed by atoms with E-state index in [-0.39, 0.29) is 17.9 Å². The lowest BCUT2D eigenvalue weighted by Gasteiger charge is -2.11. The van der Waals surface area contributed by atoms with Gasteiger partial charge >= 0.3 is 5.97 Å². The number of aryl methyl sites for hydroxylation is 1. The number of carbonyl (C=O) groups is 1. The predicted molar refractivity (Wildman–Crippen MR) is 63.4 cm³/mol. The van der Waals surface area contributed by atoms with Crippen LogP contribution in [0.1, 0.15) is 36.3 Å². The van der Waals surface area contributed by atoms with E-state index in [0.717, 1.165) is 6.42 Å². The number of nitrogens with zero attached hydrogens (tertiary/aromatic N) is 1. The molecule has 0 saturated heterocycles. The molecule has 1 heterocycles. The molecule has 1 aromatic heterocycles. The minimum Gasteiger partial charge on any atom is -0.507 e. The molecule has 0 fully saturated rings. The Morgan fingerprint density at radius 2 is 2.12 bits per heavy atom. The van der Waals surface area contributed by atoms with Crippen molar-refractivity contribution in [2.45, 2.75) is 33.7 Å². The van der Waals surface area contributed by atoms with Gasteiger partial charge in [-0.05, 0) is 20.3 Å². The van der Waals surface area contributed by atoms with Crippen molar-refractivity contribution >= 4 is 5.97 Å². The molecule has 17 heavy (non-hydrogen) atoms. The van der Waals surface area contributed by atoms with Crippen LogP contribution in [0.4, 0.5) is 0 Å². The van der Waals surface area contributed by atoms with Crippen molar-refractivity contribution in [2.24, 2.45) is 0 Å². The van der Waals surface area contributed by atoms with E-state index in [9.17, 15) is 14.7 Å². The zero-order valence-corrected chi connectivity index (χ0v) is 10.3. The van der Waals surface area contributed by atoms with Crippen LogP contribution in [0.15, 0.2) is 10.9 Å². The van der Waals surface area contributed by atoms with Gasteiger partial charge in [-0.2, -0.15) is 0 Å². The number of esters is 1. The van der Waals surface area contributed by atoms with Gasteiger partial charge in [0.2, 0.25) is 0 Å². The largest absolute Gasteiger partial charge is 0.507 e. The summed E-state index contributed by atoms with van der Waals surface area (Å²) in [5, 5.41) is 9.65. The zero-order chi connectivity index (χ0) is 13.0. The molecule has 1 rings (SSSR count). The van der Waals surface area contributed by atoms with Gasteiger partial charge in [0.1, 0.15) is 5.75 Å². The molecule has 0 atom stereocenters. The van der Waals surface area contributed by atoms with Crippen LogP contribution in [0, 0.1) is 6.92 Å². The molecule has 1 N–H and O–H groups in total. The van der Waals surface area contributed by atoms with Crippen LogP contribution in [-0.2, 0) is 11.3 Å². The van der Waals surface area contributed by atoms with E-state index in [4.69, 9.17) is 4.74 Å². The summed E-state index contributed by atoms with van der Waals surface area (Å²) in [6, 6.07) is 1.41. The number of aromatic nitrogens is 1. The standard InChI is InChI=1S/C12H17NO4/c1-4-6-13-8(3)7-9(14)10(11(13)15)12(16)17-5-2/h7,14H,4-6H2,1-3H3. The Labute approximate surface area is 99.6 Å². The lowest BCUT2D eigenvalue weighted by Crippen LogP contribution is -2.29. The Morgan fingerprint density at radius 3 is 2.65 bits per heavy atom. The summed E-state index contributed by atoms with van der Waals surface area (Å²) in [7, 11) is 0. The molecule has 0 aliphatic rings. The summed E-state index contributed by atoms with van der Waals surface area (Å²) in [6.07, 6.45) is 0.772. The van der Waals surface area contributed by atoms with Crippen molar-refractivity contribution in [1.82, 2.24) is 4.57 Å². The number of pyridine rings is 1. The first-order valence-electron chi connectivity index (χ1n) is 5.63. The number of hydrogen-bond acceptors (Lipinski definition) is 4. The van der Waals surface area contributed by atoms with Gasteiger partial charge in [0.25, 0.3) is 5.56 Å². The Morgan fingerprint density at radius 1 is 1.47 bits per heavy atom. The maximum Gasteiger partial charge on any atom is 0.347 e. The Bertz CT molecular complexity index is 476. The quantitative estimate of drug-likeness (QED) is 0.807. The van der Waals surface area contributed by atoms with E-state index in [1.807, 2.05) is 6.92 Å². The third-order valence-corrected chi connectivity index (χ3v) is 2.41. The van der Waals surface area contributed by atoms with E-state index in [1.165, 1.54) is 10.6 Å². The fraction of sp³-hybridized carbons (Fsp3) is 0.500. The number of hydrogen-bond donors (Lipinski definition) is 1. The van der Waals surface area contributed by atoms with Crippen molar-refractivity contribution in [3.8, 4) is 5.75 Å². The number of carbonyl (C=O) groups excluding carboxylic acids is 1. The van der Waals surface area contributed by atoms with Crippen molar-refractivity contribution in [2.75, 3.05) is 6.61 Å². The lowest BCUT2D eigenvalue weighted by molar-refractivity contribution is 0.0520. The molecule has 0 aliphatic heterocycles. The average Bonchev–Trinajstić information content (AvgIpc) is 2.24. The van der Waals surface area contributed by atoms with Gasteiger partial charge in [-0.1, -0.05) is 6.92 Å². The first-order valence-corrected chi connectivity index (χ1v) is 5.63. The molecule has 0 unspecified atom stereocenters. The smallest absolute Gasteiger partial charge is 0.347 e. The summed E-state index contributed by atoms with van der Waals surface area (Å²) in [5.74, 6) is -1.10. The van der Waals surface area contributed by atoms with E-state index in [0.29, 0.717) is 12.2 Å². The average molecular weight is 239 g/mol. The van der Waals surface area contributed by atoms with Crippen LogP contribution >= 0.6 is 0 Å². The molecular weight excluding hydrogens is 222 g/mol. The fourth-order valence-electron chi connectivity index (χ4n) is 1.65. The van der Waals surface area contributed by atoms with E-state index in [1.54, 1.807) is 13.8 Å². The zero-order valence-electron chi connectivity index (χ0n) is 10.3. The molecule has 0 radical (unpaired) electrons. The highest BCUT2D eigenvalue weighted by atomic mass is 16.5. The second-order valence-electron chi connectivity index (χ2n) is 3.72. The first-order chi connectivity index (χ1) is 8.02. The minimum atomic E-state index is -0.778. The number of rotatable bonds is 4. The topological polar surface area (TPSA) is 68.5 Å². The van der Waals surface area contributed by atoms with Gasteiger partial charge in [0.05, 0.1) is 6.61 Å². The van der Waals surface area contributed by atoms with Crippen LogP contribution in [0.5, 0.6) is 5.75 Å². The molecule has 0 aromatic carbocycles. The summed E-state index contributed by atoms with van der Waals surface area (Å²) < 4.78 is 6.21. The van der Waals surface area contributed by atoms with Gasteiger partial charge in [-0.15, -0.1) is 0 Å². The van der Waals surface area contributed by atoms with Crippen molar-refractivity contribution in [1.29, 1.82) is 0 Å². The summed E-state index contributed by atoms with van der Waals surface area (Å²) in [6.45, 7) is 5.97. The monoisotopic (exact) mass is 239 g/mol. The van der Waals surface area contributed by atoms with Crippen molar-refractivity contribution in [3.05, 3.63) is 27.7 Å². The molecule has 0 spiro atoms. The van der Waals surface area contributed by atoms with Crippen LogP contribution in [-0.4, -0.2) is 22.2 Å². The SMILES string of the molecule is CCCn1c(C)cc(O)c(C(=O)OCC)c1=O. The molecule has 5 nitrogen and oxygen atoms in total. The Kier molecular flexibility index (Phi) is 4.31. The van der Waals surface area contributed by atoms with Crippen molar-refractivity contribution in [3.63, 3.8) is 0 Å². The number of aromatic hydroxyl groups is 1. The van der Waals surface area contributed by atoms with Gasteiger partial charge < -0.3 is 14.4 Å². The molecular formula is C12H17NO4. The van der Waals surface area contributed by atoms with Crippen LogP contribution in [0.2, 0.25) is 0 Å². The molecule has 1 aromatic rings. The summed E-state index contributed by atoms with van der Waals surface area (Å²) >= 11 is 0. The highest BCUT2D eigenvalue weighted by Crippen LogP contribution is 2.15. The normalized spacial score (nSPS) is 10.3. The van der Waals surface area contributed by atoms with Gasteiger partial charge in [-0.25, -0.2) is 4.79 Å². The first kappa shape index (κ1) is 13.3. The van der Waals surface area contributed by atoms with Gasteiger partial charge in [-0.3, -0.25) is 4.79 Å². The highest BCUT2D eigenvalue weighted by Gasteiger charge is 2.20. The second-order valence-corrected chi connectivity index (χ2v) is 3.72. The Balaban J connectivity index is 3.35. The molecule has 5 heteroatoms. The summed E-state index contributed by atoms with van der Waals surface area (Å²) in [5.41, 5.74) is -0.156. The minimum absolute atomic E-state index is 0.166.